The Hall–Kier alpha value is -6.59. The van der Waals surface area contributed by atoms with Gasteiger partial charge in [0.25, 0.3) is 11.1 Å². The summed E-state index contributed by atoms with van der Waals surface area (Å²) in [6, 6.07) is 1.09. The van der Waals surface area contributed by atoms with Gasteiger partial charge in [-0.1, -0.05) is 0 Å². The van der Waals surface area contributed by atoms with Crippen molar-refractivity contribution in [3.05, 3.63) is 84.7 Å². The Morgan fingerprint density at radius 1 is 0.596 bits per heavy atom. The van der Waals surface area contributed by atoms with E-state index < -0.39 is 210 Å². The van der Waals surface area contributed by atoms with E-state index in [0.29, 0.717) is 4.57 Å². The van der Waals surface area contributed by atoms with E-state index in [-0.39, 0.29) is 45.5 Å². The number of ether oxygens (including phenoxy) is 5. The van der Waals surface area contributed by atoms with E-state index in [9.17, 15) is 87.3 Å². The van der Waals surface area contributed by atoms with E-state index in [1.54, 1.807) is 0 Å². The number of imidazole rings is 2. The van der Waals surface area contributed by atoms with Crippen molar-refractivity contribution in [2.45, 2.75) is 124 Å². The molecule has 0 radical (unpaired) electrons. The number of nitrogens with one attached hydrogen (secondary N) is 2. The second-order valence-corrected chi connectivity index (χ2v) is 26.9. The van der Waals surface area contributed by atoms with E-state index in [1.165, 1.54) is 17.8 Å². The molecule has 0 saturated carbocycles. The highest BCUT2D eigenvalue weighted by Gasteiger charge is 2.54. The van der Waals surface area contributed by atoms with Gasteiger partial charge < -0.3 is 86.0 Å². The maximum absolute atomic E-state index is 13.7. The van der Waals surface area contributed by atoms with Crippen molar-refractivity contribution in [3.8, 4) is 0 Å². The molecule has 5 aliphatic rings. The van der Waals surface area contributed by atoms with Crippen molar-refractivity contribution in [1.29, 1.82) is 0 Å². The zero-order valence-electron chi connectivity index (χ0n) is 47.7. The summed E-state index contributed by atoms with van der Waals surface area (Å²) in [5.41, 5.74) is 13.2. The molecule has 4 unspecified atom stereocenters. The van der Waals surface area contributed by atoms with Crippen LogP contribution in [0.5, 0.6) is 0 Å². The third-order valence-corrected chi connectivity index (χ3v) is 19.0. The molecule has 0 spiro atoms. The maximum Gasteiger partial charge on any atom is 0.472 e. The van der Waals surface area contributed by atoms with E-state index in [1.807, 2.05) is 4.98 Å². The quantitative estimate of drug-likeness (QED) is 0.0188. The molecule has 0 aromatic carbocycles. The number of nitrogens with two attached hydrogens (primary N) is 3. The van der Waals surface area contributed by atoms with Crippen LogP contribution in [0.25, 0.3) is 22.3 Å². The molecule has 6 aromatic heterocycles. The number of rotatable bonds is 25. The smallest absolute Gasteiger partial charge is 0.457 e. The molecule has 17 N–H and O–H groups in total. The lowest BCUT2D eigenvalue weighted by Gasteiger charge is -2.26. The molecule has 514 valence electrons. The summed E-state index contributed by atoms with van der Waals surface area (Å²) >= 11 is 0. The third-order valence-electron chi connectivity index (χ3n) is 15.0. The van der Waals surface area contributed by atoms with Gasteiger partial charge in [0.05, 0.1) is 52.1 Å². The molecule has 0 aliphatic carbocycles. The summed E-state index contributed by atoms with van der Waals surface area (Å²) in [7, 11) is -22.0. The Labute approximate surface area is 521 Å². The van der Waals surface area contributed by atoms with Gasteiger partial charge in [0, 0.05) is 24.4 Å². The molecule has 11 heterocycles. The van der Waals surface area contributed by atoms with Crippen LogP contribution in [0, 0.1) is 6.92 Å². The molecule has 0 bridgehead atoms. The van der Waals surface area contributed by atoms with Gasteiger partial charge in [0.2, 0.25) is 5.95 Å². The predicted octanol–water partition coefficient (Wildman–Crippen LogP) is -5.44. The van der Waals surface area contributed by atoms with Crippen molar-refractivity contribution in [2.24, 2.45) is 0 Å². The number of carbonyl (C=O) groups excluding carboxylic acids is 1. The lowest BCUT2D eigenvalue weighted by Crippen LogP contribution is -2.38. The molecule has 11 rings (SSSR count). The van der Waals surface area contributed by atoms with Crippen LogP contribution in [-0.4, -0.2) is 222 Å². The number of anilines is 3. The molecule has 0 amide bonds. The summed E-state index contributed by atoms with van der Waals surface area (Å²) in [6.45, 7) is -4.08. The highest BCUT2D eigenvalue weighted by Crippen LogP contribution is 2.54. The van der Waals surface area contributed by atoms with Crippen molar-refractivity contribution in [3.63, 3.8) is 0 Å². The average Bonchev–Trinajstić information content (AvgIpc) is 1.63. The number of fused-ring (bicyclic) bond motifs is 2. The normalized spacial score (nSPS) is 32.2. The number of cyclic esters (lactones) is 1. The second kappa shape index (κ2) is 26.8. The first-order valence-electron chi connectivity index (χ1n) is 27.4. The number of phosphoric acid groups is 4. The fraction of sp³-hybridized carbons (Fsp3) is 0.568. The molecule has 50 heteroatoms. The first-order chi connectivity index (χ1) is 44.3. The van der Waals surface area contributed by atoms with Gasteiger partial charge in [-0.3, -0.25) is 78.8 Å². The van der Waals surface area contributed by atoms with Crippen LogP contribution in [0.1, 0.15) is 43.3 Å². The topological polar surface area (TPSA) is 662 Å². The van der Waals surface area contributed by atoms with Gasteiger partial charge in [-0.25, -0.2) is 47.8 Å². The number of H-pyrrole nitrogens is 2. The number of aromatic amines is 2. The monoisotopic (exact) mass is 1420 g/mol. The minimum atomic E-state index is -5.57. The molecular weight excluding hydrogens is 1360 g/mol. The summed E-state index contributed by atoms with van der Waals surface area (Å²) < 4.78 is 128. The first-order valence-corrected chi connectivity index (χ1v) is 33.4. The number of hydrogen-bond acceptors (Lipinski definition) is 36. The van der Waals surface area contributed by atoms with Gasteiger partial charge in [0.1, 0.15) is 97.1 Å². The summed E-state index contributed by atoms with van der Waals surface area (Å²) in [5.74, 6) is -1.79. The van der Waals surface area contributed by atoms with Gasteiger partial charge in [-0.15, -0.1) is 0 Å². The molecule has 5 saturated heterocycles. The molecule has 5 fully saturated rings. The zero-order valence-corrected chi connectivity index (χ0v) is 51.3. The molecule has 46 nitrogen and oxygen atoms in total. The fourth-order valence-corrected chi connectivity index (χ4v) is 14.4. The number of aliphatic hydroxyl groups excluding tert-OH is 5. The molecule has 5 aliphatic heterocycles. The Kier molecular flexibility index (Phi) is 19.6. The number of hydrogen-bond donors (Lipinski definition) is 14. The molecule has 21 atom stereocenters. The molecular formula is C44H57N15O31P4. The summed E-state index contributed by atoms with van der Waals surface area (Å²) in [5, 5.41) is 54.6. The van der Waals surface area contributed by atoms with E-state index in [4.69, 9.17) is 77.1 Å². The number of esters is 1. The lowest BCUT2D eigenvalue weighted by molar-refractivity contribution is -0.143. The number of carbonyl (C=O) groups is 1. The zero-order chi connectivity index (χ0) is 67.7. The first kappa shape index (κ1) is 68.8. The van der Waals surface area contributed by atoms with Crippen LogP contribution < -0.4 is 39.7 Å². The summed E-state index contributed by atoms with van der Waals surface area (Å²) in [4.78, 5) is 135. The van der Waals surface area contributed by atoms with E-state index in [0.717, 1.165) is 40.2 Å². The Balaban J connectivity index is 0.731. The SMILES string of the molecule is Cc1cn([C@H]2C[C@H](OP(=O)(O)OC[C@H]3OC(=O)C[C@@H]3OP(=O)(O)OC[C@H]3O[C@@H](n4ccc(N)nc4=O)[C@H](O)[C@@H]3OP(=O)(O)OC[C@H]3O[C@@H](n4cnc5c(=O)[nH]c(N)nc54)[C@H](O)[C@@H]3O)[C@@H](COP(=O)(O)O[C@H]3[C@@H](O)[C@H](n4cnc5c(N)ncnc54)O[C@@H]3CO)O2)c(=O)[nH]c1=O. The maximum atomic E-state index is 13.7. The standard InChI is InChI=1S/C44H57N15O31P4/c1-15-6-57(44(69)55-37(15)66)24-4-16(19(82-24)8-79-93(74,75)89-32-18(7-60)84-41(30(32)64)58-13-50-26-34(46)48-12-49-35(26)58)87-91(70,71)78-9-20-17(5-25(61)83-20)88-92(72,73)81-11-22-33(31(65)40(86-22)56-3-2-23(45)52-43(56)68)90-94(76,77)80-10-21-28(62)29(63)39(85-21)59-14-51-27-36(59)53-42(47)54-38(27)67/h2-3,6,12-14,16-22,24,28-33,39-41,60,62-65H,4-5,7-11H2,1H3,(H,70,71)(H,72,73)(H,74,75)(H,76,77)(H2,45,52,68)(H2,46,48,49)(H,55,66,69)(H3,47,53,54,67)/t16-,17-,18+,19+,20+,21+,22+,24+,28+,29+,30+,31+,32+,33+,39+,40+,41+/m0/s1. The van der Waals surface area contributed by atoms with Crippen molar-refractivity contribution in [2.75, 3.05) is 50.2 Å². The van der Waals surface area contributed by atoms with Gasteiger partial charge in [-0.05, 0) is 13.0 Å². The number of nitrogens with zero attached hydrogens (tertiary/aromatic N) is 10. The van der Waals surface area contributed by atoms with Gasteiger partial charge in [0.15, 0.2) is 47.4 Å². The number of phosphoric ester groups is 4. The van der Waals surface area contributed by atoms with E-state index >= 15 is 0 Å². The van der Waals surface area contributed by atoms with Crippen LogP contribution in [0.4, 0.5) is 17.6 Å². The molecule has 94 heavy (non-hydrogen) atoms. The average molecular weight is 1420 g/mol. The van der Waals surface area contributed by atoms with Crippen LogP contribution in [0.2, 0.25) is 0 Å². The highest BCUT2D eigenvalue weighted by molar-refractivity contribution is 7.48. The van der Waals surface area contributed by atoms with E-state index in [2.05, 4.69) is 34.9 Å². The van der Waals surface area contributed by atoms with Crippen molar-refractivity contribution in [1.82, 2.24) is 58.1 Å². The van der Waals surface area contributed by atoms with Crippen LogP contribution in [0.15, 0.2) is 56.6 Å². The Morgan fingerprint density at radius 3 is 1.81 bits per heavy atom. The minimum absolute atomic E-state index is 0.0111. The Morgan fingerprint density at radius 2 is 1.15 bits per heavy atom. The van der Waals surface area contributed by atoms with Gasteiger partial charge in [-0.2, -0.15) is 9.97 Å². The number of aliphatic hydroxyl groups is 5. The van der Waals surface area contributed by atoms with Crippen LogP contribution in [-0.2, 0) is 82.9 Å². The molecule has 6 aromatic rings. The lowest BCUT2D eigenvalue weighted by atomic mass is 10.1. The largest absolute Gasteiger partial charge is 0.472 e. The number of nitrogen functional groups attached to an aromatic ring is 3. The third kappa shape index (κ3) is 14.6. The van der Waals surface area contributed by atoms with Gasteiger partial charge >= 0.3 is 48.6 Å². The van der Waals surface area contributed by atoms with Crippen LogP contribution >= 0.6 is 31.3 Å². The fourth-order valence-electron chi connectivity index (χ4n) is 10.6. The van der Waals surface area contributed by atoms with Crippen molar-refractivity contribution >= 4 is 77.2 Å². The summed E-state index contributed by atoms with van der Waals surface area (Å²) in [6.07, 6.45) is -26.3. The minimum Gasteiger partial charge on any atom is -0.457 e. The van der Waals surface area contributed by atoms with Crippen molar-refractivity contribution < 1.29 is 128 Å². The number of aromatic nitrogens is 12. The second-order valence-electron chi connectivity index (χ2n) is 21.3. The Bertz CT molecular complexity index is 4290. The predicted molar refractivity (Wildman–Crippen MR) is 300 cm³/mol. The highest BCUT2D eigenvalue weighted by atomic mass is 31.2. The number of aryl methyl sites for hydroxylation is 1. The van der Waals surface area contributed by atoms with Crippen LogP contribution in [0.3, 0.4) is 0 Å².